The summed E-state index contributed by atoms with van der Waals surface area (Å²) in [6.07, 6.45) is -0.135. The van der Waals surface area contributed by atoms with E-state index in [9.17, 15) is 9.59 Å². The van der Waals surface area contributed by atoms with Crippen molar-refractivity contribution >= 4 is 35.0 Å². The van der Waals surface area contributed by atoms with Gasteiger partial charge in [0.25, 0.3) is 0 Å². The molecule has 4 aliphatic heterocycles. The molecule has 232 valence electrons. The van der Waals surface area contributed by atoms with Gasteiger partial charge in [-0.1, -0.05) is 116 Å². The summed E-state index contributed by atoms with van der Waals surface area (Å²) in [6.45, 7) is 3.53. The van der Waals surface area contributed by atoms with E-state index < -0.39 is 0 Å². The minimum Gasteiger partial charge on any atom is -0.370 e. The summed E-state index contributed by atoms with van der Waals surface area (Å²) in [5.74, 6) is -0.161. The van der Waals surface area contributed by atoms with Gasteiger partial charge >= 0.3 is 0 Å². The second-order valence-corrected chi connectivity index (χ2v) is 12.5. The zero-order valence-corrected chi connectivity index (χ0v) is 25.6. The third-order valence-electron chi connectivity index (χ3n) is 9.00. The van der Waals surface area contributed by atoms with Crippen LogP contribution in [0, 0.1) is 0 Å². The molecule has 4 aromatic carbocycles. The molecule has 4 atom stereocenters. The van der Waals surface area contributed by atoms with Crippen LogP contribution in [-0.4, -0.2) is 46.9 Å². The van der Waals surface area contributed by atoms with Gasteiger partial charge in [0.2, 0.25) is 11.8 Å². The number of fused-ring (bicyclic) bond motifs is 6. The molecular formula is C37H36Cl2N2O4. The number of amides is 2. The van der Waals surface area contributed by atoms with Crippen molar-refractivity contribution in [1.29, 1.82) is 0 Å². The lowest BCUT2D eigenvalue weighted by Gasteiger charge is -2.26. The third-order valence-corrected chi connectivity index (χ3v) is 9.70. The number of likely N-dealkylation sites (tertiary alicyclic amines) is 2. The summed E-state index contributed by atoms with van der Waals surface area (Å²) >= 11 is 12.5. The van der Waals surface area contributed by atoms with Gasteiger partial charge in [0.05, 0.1) is 37.3 Å². The van der Waals surface area contributed by atoms with Crippen molar-refractivity contribution in [2.45, 2.75) is 57.8 Å². The van der Waals surface area contributed by atoms with E-state index in [0.717, 1.165) is 33.4 Å². The molecule has 8 rings (SSSR count). The molecule has 0 unspecified atom stereocenters. The molecule has 6 nitrogen and oxygen atoms in total. The Bertz CT molecular complexity index is 1560. The Morgan fingerprint density at radius 1 is 0.578 bits per heavy atom. The van der Waals surface area contributed by atoms with Gasteiger partial charge in [-0.2, -0.15) is 0 Å². The van der Waals surface area contributed by atoms with Crippen molar-refractivity contribution in [3.63, 3.8) is 0 Å². The number of benzene rings is 4. The first-order valence-corrected chi connectivity index (χ1v) is 15.7. The fourth-order valence-corrected chi connectivity index (χ4v) is 7.29. The van der Waals surface area contributed by atoms with Crippen LogP contribution in [0.15, 0.2) is 97.1 Å². The first-order valence-electron chi connectivity index (χ1n) is 14.9. The van der Waals surface area contributed by atoms with Crippen LogP contribution in [0.4, 0.5) is 0 Å². The summed E-state index contributed by atoms with van der Waals surface area (Å²) in [5.41, 5.74) is 6.26. The maximum Gasteiger partial charge on any atom is 0.233 e. The molecule has 8 heteroatoms. The minimum atomic E-state index is -0.217. The lowest BCUT2D eigenvalue weighted by atomic mass is 9.89. The summed E-state index contributed by atoms with van der Waals surface area (Å²) in [6, 6.07) is 31.7. The highest BCUT2D eigenvalue weighted by Crippen LogP contribution is 2.41. The number of carbonyl (C=O) groups excluding carboxylic acids is 2. The maximum absolute atomic E-state index is 12.8. The fourth-order valence-electron chi connectivity index (χ4n) is 6.81. The molecular weight excluding hydrogens is 607 g/mol. The number of hydrogen-bond donors (Lipinski definition) is 0. The highest BCUT2D eigenvalue weighted by atomic mass is 35.5. The number of nitrogens with zero attached hydrogens (tertiary/aromatic N) is 2. The fraction of sp³-hybridized carbons (Fsp3) is 0.297. The predicted octanol–water partition coefficient (Wildman–Crippen LogP) is 7.37. The molecule has 4 aromatic rings. The van der Waals surface area contributed by atoms with Crippen LogP contribution in [-0.2, 0) is 45.4 Å². The van der Waals surface area contributed by atoms with Crippen molar-refractivity contribution in [3.8, 4) is 0 Å². The van der Waals surface area contributed by atoms with Crippen molar-refractivity contribution in [2.24, 2.45) is 0 Å². The standard InChI is InChI=1S/2C18H16ClNO2.CH4/c2*19-15-8-4-7-13-14(15)11-22-16-10-20(18(21)17(13)16)9-12-5-2-1-3-6-12;/h2*1-8,16-17H,9-11H2;1H4/t16-,17+;16-,17-;/m00./s1. The summed E-state index contributed by atoms with van der Waals surface area (Å²) in [4.78, 5) is 29.4. The summed E-state index contributed by atoms with van der Waals surface area (Å²) in [5, 5.41) is 1.37. The molecule has 0 spiro atoms. The Kier molecular flexibility index (Phi) is 9.29. The molecule has 0 aliphatic carbocycles. The lowest BCUT2D eigenvalue weighted by Crippen LogP contribution is -2.28. The van der Waals surface area contributed by atoms with Crippen LogP contribution in [0.2, 0.25) is 10.0 Å². The molecule has 0 radical (unpaired) electrons. The monoisotopic (exact) mass is 642 g/mol. The van der Waals surface area contributed by atoms with Crippen LogP contribution < -0.4 is 0 Å². The van der Waals surface area contributed by atoms with E-state index in [0.29, 0.717) is 49.4 Å². The van der Waals surface area contributed by atoms with Gasteiger partial charge in [-0.25, -0.2) is 0 Å². The average molecular weight is 644 g/mol. The normalized spacial score (nSPS) is 22.8. The average Bonchev–Trinajstić information content (AvgIpc) is 3.54. The number of ether oxygens (including phenoxy) is 2. The molecule has 2 fully saturated rings. The van der Waals surface area contributed by atoms with E-state index in [4.69, 9.17) is 32.7 Å². The van der Waals surface area contributed by atoms with Gasteiger partial charge in [0.1, 0.15) is 0 Å². The van der Waals surface area contributed by atoms with Crippen molar-refractivity contribution in [2.75, 3.05) is 13.1 Å². The minimum absolute atomic E-state index is 0. The Morgan fingerprint density at radius 3 is 1.38 bits per heavy atom. The van der Waals surface area contributed by atoms with E-state index in [1.54, 1.807) is 0 Å². The molecule has 2 saturated heterocycles. The zero-order valence-electron chi connectivity index (χ0n) is 24.1. The van der Waals surface area contributed by atoms with Gasteiger partial charge in [0, 0.05) is 47.4 Å². The van der Waals surface area contributed by atoms with Crippen molar-refractivity contribution < 1.29 is 19.1 Å². The molecule has 0 bridgehead atoms. The highest BCUT2D eigenvalue weighted by molar-refractivity contribution is 6.31. The number of rotatable bonds is 4. The van der Waals surface area contributed by atoms with Crippen LogP contribution in [0.3, 0.4) is 0 Å². The van der Waals surface area contributed by atoms with Crippen molar-refractivity contribution in [3.05, 3.63) is 140 Å². The molecule has 4 aliphatic rings. The highest BCUT2D eigenvalue weighted by Gasteiger charge is 2.46. The first-order chi connectivity index (χ1) is 21.5. The summed E-state index contributed by atoms with van der Waals surface area (Å²) in [7, 11) is 0. The number of carbonyl (C=O) groups is 2. The maximum atomic E-state index is 12.8. The second kappa shape index (κ2) is 13.4. The Hall–Kier alpha value is -3.68. The number of hydrogen-bond acceptors (Lipinski definition) is 4. The third kappa shape index (κ3) is 6.12. The molecule has 0 aromatic heterocycles. The molecule has 4 heterocycles. The topological polar surface area (TPSA) is 59.1 Å². The second-order valence-electron chi connectivity index (χ2n) is 11.7. The summed E-state index contributed by atoms with van der Waals surface area (Å²) < 4.78 is 11.8. The molecule has 2 amide bonds. The van der Waals surface area contributed by atoms with Gasteiger partial charge in [-0.15, -0.1) is 0 Å². The van der Waals surface area contributed by atoms with Crippen LogP contribution >= 0.6 is 23.2 Å². The van der Waals surface area contributed by atoms with Crippen LogP contribution in [0.5, 0.6) is 0 Å². The van der Waals surface area contributed by atoms with Crippen molar-refractivity contribution in [1.82, 2.24) is 9.80 Å². The molecule has 45 heavy (non-hydrogen) atoms. The van der Waals surface area contributed by atoms with E-state index in [1.165, 1.54) is 0 Å². The predicted molar refractivity (Wildman–Crippen MR) is 176 cm³/mol. The quantitative estimate of drug-likeness (QED) is 0.233. The van der Waals surface area contributed by atoms with Gasteiger partial charge in [0.15, 0.2) is 0 Å². The van der Waals surface area contributed by atoms with E-state index in [1.807, 2.05) is 107 Å². The van der Waals surface area contributed by atoms with Crippen LogP contribution in [0.1, 0.15) is 52.6 Å². The smallest absolute Gasteiger partial charge is 0.233 e. The van der Waals surface area contributed by atoms with E-state index in [2.05, 4.69) is 0 Å². The largest absolute Gasteiger partial charge is 0.370 e. The van der Waals surface area contributed by atoms with Gasteiger partial charge in [-0.05, 0) is 34.4 Å². The Morgan fingerprint density at radius 2 is 0.978 bits per heavy atom. The van der Waals surface area contributed by atoms with Gasteiger partial charge in [-0.3, -0.25) is 9.59 Å². The Balaban J connectivity index is 0.000000155. The number of halogens is 2. The van der Waals surface area contributed by atoms with E-state index >= 15 is 0 Å². The molecule has 0 saturated carbocycles. The lowest BCUT2D eigenvalue weighted by molar-refractivity contribution is -0.130. The molecule has 0 N–H and O–H groups in total. The van der Waals surface area contributed by atoms with Crippen LogP contribution in [0.25, 0.3) is 0 Å². The van der Waals surface area contributed by atoms with Gasteiger partial charge < -0.3 is 19.3 Å². The SMILES string of the molecule is C.O=C1[C@@H]2c3cccc(Cl)c3CO[C@H]2CN1Cc1ccccc1.O=C1[C@H]2c3cccc(Cl)c3CO[C@H]2CN1Cc1ccccc1. The van der Waals surface area contributed by atoms with E-state index in [-0.39, 0.29) is 43.3 Å². The Labute approximate surface area is 274 Å². The first kappa shape index (κ1) is 31.3. The zero-order chi connectivity index (χ0) is 30.2.